The zero-order chi connectivity index (χ0) is 15.9. The number of benzene rings is 1. The van der Waals surface area contributed by atoms with Gasteiger partial charge in [0.15, 0.2) is 0 Å². The van der Waals surface area contributed by atoms with E-state index in [2.05, 4.69) is 12.2 Å². The Bertz CT molecular complexity index is 493. The van der Waals surface area contributed by atoms with Gasteiger partial charge in [0.1, 0.15) is 0 Å². The maximum Gasteiger partial charge on any atom is 0.234 e. The molecule has 0 spiro atoms. The molecule has 122 valence electrons. The minimum atomic E-state index is -0.330. The molecule has 0 bridgehead atoms. The second kappa shape index (κ2) is 8.27. The Morgan fingerprint density at radius 3 is 2.82 bits per heavy atom. The van der Waals surface area contributed by atoms with Crippen LogP contribution in [0.3, 0.4) is 0 Å². The average Bonchev–Trinajstić information content (AvgIpc) is 2.50. The molecule has 1 aromatic carbocycles. The smallest absolute Gasteiger partial charge is 0.234 e. The predicted octanol–water partition coefficient (Wildman–Crippen LogP) is 1.15. The third kappa shape index (κ3) is 4.80. The van der Waals surface area contributed by atoms with Crippen molar-refractivity contribution in [3.8, 4) is 0 Å². The van der Waals surface area contributed by atoms with E-state index in [1.807, 2.05) is 29.2 Å². The van der Waals surface area contributed by atoms with Crippen LogP contribution in [-0.2, 0) is 22.7 Å². The highest BCUT2D eigenvalue weighted by molar-refractivity contribution is 5.78. The maximum absolute atomic E-state index is 12.1. The highest BCUT2D eigenvalue weighted by Crippen LogP contribution is 2.16. The number of nitrogens with one attached hydrogen (secondary N) is 1. The molecule has 0 saturated carbocycles. The summed E-state index contributed by atoms with van der Waals surface area (Å²) in [4.78, 5) is 14.1. The molecule has 5 heteroatoms. The van der Waals surface area contributed by atoms with Gasteiger partial charge in [0.2, 0.25) is 5.91 Å². The summed E-state index contributed by atoms with van der Waals surface area (Å²) in [5.41, 5.74) is 2.16. The molecule has 1 heterocycles. The van der Waals surface area contributed by atoms with Crippen molar-refractivity contribution in [2.24, 2.45) is 5.92 Å². The molecule has 1 aromatic rings. The average molecular weight is 306 g/mol. The summed E-state index contributed by atoms with van der Waals surface area (Å²) >= 11 is 0. The number of rotatable bonds is 6. The molecule has 1 amide bonds. The number of likely N-dealkylation sites (tertiary alicyclic amines) is 1. The number of methoxy groups -OCH3 is 1. The lowest BCUT2D eigenvalue weighted by Crippen LogP contribution is -2.46. The number of carbonyl (C=O) groups excluding carboxylic acids is 1. The summed E-state index contributed by atoms with van der Waals surface area (Å²) in [7, 11) is 1.66. The Morgan fingerprint density at radius 2 is 2.14 bits per heavy atom. The van der Waals surface area contributed by atoms with Crippen LogP contribution in [0.2, 0.25) is 0 Å². The van der Waals surface area contributed by atoms with Gasteiger partial charge in [-0.15, -0.1) is 0 Å². The molecule has 1 aliphatic heterocycles. The van der Waals surface area contributed by atoms with Crippen LogP contribution < -0.4 is 5.32 Å². The maximum atomic E-state index is 12.1. The molecular formula is C17H26N2O3. The fourth-order valence-electron chi connectivity index (χ4n) is 2.74. The number of aliphatic hydroxyl groups is 1. The minimum absolute atomic E-state index is 0.00558. The first kappa shape index (κ1) is 16.9. The fraction of sp³-hybridized carbons (Fsp3) is 0.588. The van der Waals surface area contributed by atoms with Crippen molar-refractivity contribution < 1.29 is 14.6 Å². The van der Waals surface area contributed by atoms with Crippen molar-refractivity contribution >= 4 is 5.91 Å². The molecule has 2 atom stereocenters. The molecule has 2 rings (SSSR count). The fourth-order valence-corrected chi connectivity index (χ4v) is 2.74. The largest absolute Gasteiger partial charge is 0.392 e. The lowest BCUT2D eigenvalue weighted by Gasteiger charge is -2.33. The standard InChI is InChI=1S/C17H26N2O3/c1-13-7-8-19(10-16(13)20)11-17(21)18-9-14-5-3-4-6-15(14)12-22-2/h3-6,13,16,20H,7-12H2,1-2H3,(H,18,21). The van der Waals surface area contributed by atoms with Crippen LogP contribution in [0.4, 0.5) is 0 Å². The van der Waals surface area contributed by atoms with Crippen molar-refractivity contribution in [1.82, 2.24) is 10.2 Å². The van der Waals surface area contributed by atoms with Gasteiger partial charge in [-0.05, 0) is 30.0 Å². The van der Waals surface area contributed by atoms with Gasteiger partial charge in [-0.2, -0.15) is 0 Å². The van der Waals surface area contributed by atoms with Gasteiger partial charge < -0.3 is 15.2 Å². The SMILES string of the molecule is COCc1ccccc1CNC(=O)CN1CCC(C)C(O)C1. The number of aliphatic hydroxyl groups excluding tert-OH is 1. The number of carbonyl (C=O) groups is 1. The van der Waals surface area contributed by atoms with E-state index in [1.54, 1.807) is 7.11 Å². The van der Waals surface area contributed by atoms with Crippen molar-refractivity contribution in [2.45, 2.75) is 32.6 Å². The second-order valence-corrected chi connectivity index (χ2v) is 6.05. The minimum Gasteiger partial charge on any atom is -0.392 e. The van der Waals surface area contributed by atoms with E-state index in [9.17, 15) is 9.90 Å². The Morgan fingerprint density at radius 1 is 1.41 bits per heavy atom. The summed E-state index contributed by atoms with van der Waals surface area (Å²) in [6, 6.07) is 7.94. The van der Waals surface area contributed by atoms with Crippen LogP contribution >= 0.6 is 0 Å². The molecule has 1 saturated heterocycles. The van der Waals surface area contributed by atoms with Crippen molar-refractivity contribution in [3.63, 3.8) is 0 Å². The first-order valence-electron chi connectivity index (χ1n) is 7.83. The van der Waals surface area contributed by atoms with E-state index in [4.69, 9.17) is 4.74 Å². The van der Waals surface area contributed by atoms with E-state index in [0.717, 1.165) is 24.1 Å². The topological polar surface area (TPSA) is 61.8 Å². The van der Waals surface area contributed by atoms with Gasteiger partial charge in [0, 0.05) is 20.2 Å². The summed E-state index contributed by atoms with van der Waals surface area (Å²) in [6.07, 6.45) is 0.606. The van der Waals surface area contributed by atoms with Crippen LogP contribution in [0, 0.1) is 5.92 Å². The van der Waals surface area contributed by atoms with Crippen LogP contribution in [0.15, 0.2) is 24.3 Å². The van der Waals surface area contributed by atoms with Gasteiger partial charge in [-0.1, -0.05) is 31.2 Å². The molecule has 1 aliphatic rings. The number of hydrogen-bond donors (Lipinski definition) is 2. The molecular weight excluding hydrogens is 280 g/mol. The van der Waals surface area contributed by atoms with Crippen molar-refractivity contribution in [2.75, 3.05) is 26.7 Å². The van der Waals surface area contributed by atoms with E-state index in [-0.39, 0.29) is 12.0 Å². The van der Waals surface area contributed by atoms with Crippen LogP contribution in [0.1, 0.15) is 24.5 Å². The Kier molecular flexibility index (Phi) is 6.36. The number of nitrogens with zero attached hydrogens (tertiary/aromatic N) is 1. The van der Waals surface area contributed by atoms with E-state index in [1.165, 1.54) is 0 Å². The zero-order valence-corrected chi connectivity index (χ0v) is 13.4. The lowest BCUT2D eigenvalue weighted by atomic mass is 9.96. The summed E-state index contributed by atoms with van der Waals surface area (Å²) in [5, 5.41) is 12.8. The Balaban J connectivity index is 1.81. The highest BCUT2D eigenvalue weighted by Gasteiger charge is 2.25. The van der Waals surface area contributed by atoms with Crippen molar-refractivity contribution in [1.29, 1.82) is 0 Å². The van der Waals surface area contributed by atoms with Crippen LogP contribution in [-0.4, -0.2) is 48.8 Å². The highest BCUT2D eigenvalue weighted by atomic mass is 16.5. The molecule has 2 N–H and O–H groups in total. The molecule has 0 aromatic heterocycles. The van der Waals surface area contributed by atoms with E-state index < -0.39 is 0 Å². The van der Waals surface area contributed by atoms with Gasteiger partial charge >= 0.3 is 0 Å². The molecule has 0 radical (unpaired) electrons. The van der Waals surface area contributed by atoms with Gasteiger partial charge in [-0.3, -0.25) is 9.69 Å². The van der Waals surface area contributed by atoms with Gasteiger partial charge in [0.05, 0.1) is 19.3 Å². The molecule has 5 nitrogen and oxygen atoms in total. The van der Waals surface area contributed by atoms with E-state index >= 15 is 0 Å². The first-order chi connectivity index (χ1) is 10.6. The number of amides is 1. The number of hydrogen-bond acceptors (Lipinski definition) is 4. The molecule has 22 heavy (non-hydrogen) atoms. The van der Waals surface area contributed by atoms with Crippen LogP contribution in [0.5, 0.6) is 0 Å². The third-order valence-corrected chi connectivity index (χ3v) is 4.26. The molecule has 0 aliphatic carbocycles. The normalized spacial score (nSPS) is 22.5. The summed E-state index contributed by atoms with van der Waals surface area (Å²) in [5.74, 6) is 0.314. The zero-order valence-electron chi connectivity index (χ0n) is 13.4. The first-order valence-corrected chi connectivity index (χ1v) is 7.83. The van der Waals surface area contributed by atoms with Gasteiger partial charge in [-0.25, -0.2) is 0 Å². The predicted molar refractivity (Wildman–Crippen MR) is 85.2 cm³/mol. The Labute approximate surface area is 132 Å². The second-order valence-electron chi connectivity index (χ2n) is 6.05. The quantitative estimate of drug-likeness (QED) is 0.828. The number of ether oxygens (including phenoxy) is 1. The third-order valence-electron chi connectivity index (χ3n) is 4.26. The Hall–Kier alpha value is -1.43. The molecule has 2 unspecified atom stereocenters. The van der Waals surface area contributed by atoms with Crippen molar-refractivity contribution in [3.05, 3.63) is 35.4 Å². The summed E-state index contributed by atoms with van der Waals surface area (Å²) < 4.78 is 5.17. The van der Waals surface area contributed by atoms with Gasteiger partial charge in [0.25, 0.3) is 0 Å². The number of β-amino-alcohol motifs (C(OH)–C–C–N with tert-alkyl or cyclic N) is 1. The molecule has 1 fully saturated rings. The van der Waals surface area contributed by atoms with Crippen LogP contribution in [0.25, 0.3) is 0 Å². The number of piperidine rings is 1. The summed E-state index contributed by atoms with van der Waals surface area (Å²) in [6.45, 7) is 4.89. The lowest BCUT2D eigenvalue weighted by molar-refractivity contribution is -0.123. The van der Waals surface area contributed by atoms with E-state index in [0.29, 0.717) is 32.2 Å². The monoisotopic (exact) mass is 306 g/mol.